The number of piperidine rings is 1. The van der Waals surface area contributed by atoms with Crippen LogP contribution in [0, 0.1) is 0 Å². The first-order chi connectivity index (χ1) is 13.1. The SMILES string of the molecule is O=C(NCC1CCCCN1C(=O)c1ccc(C(=O)O)nc1)c1ccccc1. The predicted molar refractivity (Wildman–Crippen MR) is 98.6 cm³/mol. The first-order valence-corrected chi connectivity index (χ1v) is 8.90. The molecule has 1 aromatic carbocycles. The second kappa shape index (κ2) is 8.44. The van der Waals surface area contributed by atoms with Gasteiger partial charge in [-0.3, -0.25) is 9.59 Å². The monoisotopic (exact) mass is 367 g/mol. The van der Waals surface area contributed by atoms with Gasteiger partial charge in [0.15, 0.2) is 0 Å². The lowest BCUT2D eigenvalue weighted by Crippen LogP contribution is -2.49. The Labute approximate surface area is 157 Å². The lowest BCUT2D eigenvalue weighted by Gasteiger charge is -2.36. The van der Waals surface area contributed by atoms with E-state index < -0.39 is 5.97 Å². The molecule has 0 radical (unpaired) electrons. The number of amides is 2. The average molecular weight is 367 g/mol. The zero-order chi connectivity index (χ0) is 19.2. The quantitative estimate of drug-likeness (QED) is 0.844. The molecule has 1 aliphatic rings. The van der Waals surface area contributed by atoms with E-state index in [1.807, 2.05) is 6.07 Å². The van der Waals surface area contributed by atoms with Crippen molar-refractivity contribution in [2.24, 2.45) is 0 Å². The minimum absolute atomic E-state index is 0.0990. The fraction of sp³-hybridized carbons (Fsp3) is 0.300. The van der Waals surface area contributed by atoms with Gasteiger partial charge in [-0.05, 0) is 43.5 Å². The Morgan fingerprint density at radius 3 is 2.52 bits per heavy atom. The molecule has 0 spiro atoms. The Morgan fingerprint density at radius 2 is 1.85 bits per heavy atom. The molecule has 1 unspecified atom stereocenters. The lowest BCUT2D eigenvalue weighted by molar-refractivity contribution is 0.0600. The molecule has 0 bridgehead atoms. The molecule has 1 aromatic heterocycles. The van der Waals surface area contributed by atoms with Crippen LogP contribution >= 0.6 is 0 Å². The van der Waals surface area contributed by atoms with Crippen molar-refractivity contribution in [1.29, 1.82) is 0 Å². The minimum Gasteiger partial charge on any atom is -0.477 e. The maximum absolute atomic E-state index is 12.8. The molecule has 0 saturated carbocycles. The highest BCUT2D eigenvalue weighted by Crippen LogP contribution is 2.19. The highest BCUT2D eigenvalue weighted by atomic mass is 16.4. The first-order valence-electron chi connectivity index (χ1n) is 8.90. The van der Waals surface area contributed by atoms with Crippen LogP contribution in [0.2, 0.25) is 0 Å². The van der Waals surface area contributed by atoms with E-state index in [2.05, 4.69) is 10.3 Å². The van der Waals surface area contributed by atoms with Crippen molar-refractivity contribution in [3.63, 3.8) is 0 Å². The summed E-state index contributed by atoms with van der Waals surface area (Å²) >= 11 is 0. The van der Waals surface area contributed by atoms with Crippen molar-refractivity contribution in [1.82, 2.24) is 15.2 Å². The zero-order valence-electron chi connectivity index (χ0n) is 14.8. The maximum atomic E-state index is 12.8. The Hall–Kier alpha value is -3.22. The molecule has 3 rings (SSSR count). The molecule has 2 N–H and O–H groups in total. The molecule has 7 heteroatoms. The third kappa shape index (κ3) is 4.49. The Bertz CT molecular complexity index is 821. The summed E-state index contributed by atoms with van der Waals surface area (Å²) in [5.41, 5.74) is 0.831. The van der Waals surface area contributed by atoms with Crippen LogP contribution in [0.4, 0.5) is 0 Å². The molecular weight excluding hydrogens is 346 g/mol. The number of pyridine rings is 1. The van der Waals surface area contributed by atoms with E-state index in [0.29, 0.717) is 24.2 Å². The van der Waals surface area contributed by atoms with Crippen LogP contribution in [0.15, 0.2) is 48.7 Å². The number of nitrogens with zero attached hydrogens (tertiary/aromatic N) is 2. The number of nitrogens with one attached hydrogen (secondary N) is 1. The van der Waals surface area contributed by atoms with Crippen LogP contribution in [-0.2, 0) is 0 Å². The van der Waals surface area contributed by atoms with Gasteiger partial charge in [-0.1, -0.05) is 18.2 Å². The van der Waals surface area contributed by atoms with E-state index in [-0.39, 0.29) is 23.6 Å². The third-order valence-electron chi connectivity index (χ3n) is 4.65. The van der Waals surface area contributed by atoms with Crippen molar-refractivity contribution >= 4 is 17.8 Å². The van der Waals surface area contributed by atoms with E-state index in [0.717, 1.165) is 19.3 Å². The molecular formula is C20H21N3O4. The zero-order valence-corrected chi connectivity index (χ0v) is 14.8. The van der Waals surface area contributed by atoms with Crippen LogP contribution in [-0.4, -0.2) is 51.9 Å². The van der Waals surface area contributed by atoms with E-state index in [9.17, 15) is 14.4 Å². The molecule has 2 aromatic rings. The van der Waals surface area contributed by atoms with Gasteiger partial charge in [0.05, 0.1) is 5.56 Å². The number of hydrogen-bond acceptors (Lipinski definition) is 4. The lowest BCUT2D eigenvalue weighted by atomic mass is 10.0. The van der Waals surface area contributed by atoms with Gasteiger partial charge in [-0.25, -0.2) is 9.78 Å². The Balaban J connectivity index is 1.66. The molecule has 7 nitrogen and oxygen atoms in total. The Morgan fingerprint density at radius 1 is 1.07 bits per heavy atom. The molecule has 0 aliphatic carbocycles. The highest BCUT2D eigenvalue weighted by Gasteiger charge is 2.28. The number of carbonyl (C=O) groups is 3. The average Bonchev–Trinajstić information content (AvgIpc) is 2.72. The standard InChI is InChI=1S/C20H21N3O4/c24-18(14-6-2-1-3-7-14)22-13-16-8-4-5-11-23(16)19(25)15-9-10-17(20(26)27)21-12-15/h1-3,6-7,9-10,12,16H,4-5,8,11,13H2,(H,22,24)(H,26,27). The molecule has 1 atom stereocenters. The molecule has 2 heterocycles. The molecule has 1 saturated heterocycles. The topological polar surface area (TPSA) is 99.6 Å². The van der Waals surface area contributed by atoms with Crippen molar-refractivity contribution in [2.75, 3.05) is 13.1 Å². The van der Waals surface area contributed by atoms with Crippen molar-refractivity contribution in [3.05, 3.63) is 65.5 Å². The molecule has 1 fully saturated rings. The van der Waals surface area contributed by atoms with Gasteiger partial charge in [0.1, 0.15) is 5.69 Å². The summed E-state index contributed by atoms with van der Waals surface area (Å²) in [5.74, 6) is -1.49. The second-order valence-electron chi connectivity index (χ2n) is 6.46. The molecule has 140 valence electrons. The van der Waals surface area contributed by atoms with Crippen molar-refractivity contribution in [2.45, 2.75) is 25.3 Å². The van der Waals surface area contributed by atoms with Gasteiger partial charge in [0.2, 0.25) is 0 Å². The summed E-state index contributed by atoms with van der Waals surface area (Å²) in [5, 5.41) is 11.8. The molecule has 1 aliphatic heterocycles. The summed E-state index contributed by atoms with van der Waals surface area (Å²) in [6.45, 7) is 0.978. The van der Waals surface area contributed by atoms with Crippen molar-refractivity contribution in [3.8, 4) is 0 Å². The summed E-state index contributed by atoms with van der Waals surface area (Å²) in [7, 11) is 0. The van der Waals surface area contributed by atoms with Gasteiger partial charge >= 0.3 is 5.97 Å². The highest BCUT2D eigenvalue weighted by molar-refractivity contribution is 5.96. The van der Waals surface area contributed by atoms with E-state index >= 15 is 0 Å². The van der Waals surface area contributed by atoms with E-state index in [1.54, 1.807) is 29.2 Å². The van der Waals surface area contributed by atoms with E-state index in [1.165, 1.54) is 18.3 Å². The van der Waals surface area contributed by atoms with Crippen LogP contribution in [0.5, 0.6) is 0 Å². The number of likely N-dealkylation sites (tertiary alicyclic amines) is 1. The second-order valence-corrected chi connectivity index (χ2v) is 6.46. The van der Waals surface area contributed by atoms with Crippen LogP contribution in [0.3, 0.4) is 0 Å². The van der Waals surface area contributed by atoms with Crippen LogP contribution in [0.1, 0.15) is 50.5 Å². The Kier molecular flexibility index (Phi) is 5.80. The number of benzene rings is 1. The number of hydrogen-bond donors (Lipinski definition) is 2. The van der Waals surface area contributed by atoms with Gasteiger partial charge in [0.25, 0.3) is 11.8 Å². The number of carbonyl (C=O) groups excluding carboxylic acids is 2. The third-order valence-corrected chi connectivity index (χ3v) is 4.65. The summed E-state index contributed by atoms with van der Waals surface area (Å²) < 4.78 is 0. The number of aromatic carboxylic acids is 1. The van der Waals surface area contributed by atoms with Crippen LogP contribution in [0.25, 0.3) is 0 Å². The summed E-state index contributed by atoms with van der Waals surface area (Å²) in [4.78, 5) is 41.5. The van der Waals surface area contributed by atoms with Gasteiger partial charge in [0, 0.05) is 30.9 Å². The molecule has 27 heavy (non-hydrogen) atoms. The number of carboxylic acids is 1. The van der Waals surface area contributed by atoms with Gasteiger partial charge < -0.3 is 15.3 Å². The van der Waals surface area contributed by atoms with Gasteiger partial charge in [-0.15, -0.1) is 0 Å². The van der Waals surface area contributed by atoms with Crippen LogP contribution < -0.4 is 5.32 Å². The fourth-order valence-electron chi connectivity index (χ4n) is 3.19. The predicted octanol–water partition coefficient (Wildman–Crippen LogP) is 2.20. The number of rotatable bonds is 5. The molecule has 2 amide bonds. The summed E-state index contributed by atoms with van der Waals surface area (Å²) in [6.07, 6.45) is 3.99. The maximum Gasteiger partial charge on any atom is 0.354 e. The van der Waals surface area contributed by atoms with Crippen molar-refractivity contribution < 1.29 is 19.5 Å². The first kappa shape index (κ1) is 18.6. The minimum atomic E-state index is -1.13. The number of carboxylic acid groups (broad SMARTS) is 1. The normalized spacial score (nSPS) is 16.6. The summed E-state index contributed by atoms with van der Waals surface area (Å²) in [6, 6.07) is 11.7. The smallest absolute Gasteiger partial charge is 0.354 e. The fourth-order valence-corrected chi connectivity index (χ4v) is 3.19. The van der Waals surface area contributed by atoms with E-state index in [4.69, 9.17) is 5.11 Å². The number of aromatic nitrogens is 1. The van der Waals surface area contributed by atoms with Gasteiger partial charge in [-0.2, -0.15) is 0 Å². The largest absolute Gasteiger partial charge is 0.477 e.